The van der Waals surface area contributed by atoms with E-state index in [2.05, 4.69) is 34.6 Å². The van der Waals surface area contributed by atoms with E-state index in [0.29, 0.717) is 0 Å². The van der Waals surface area contributed by atoms with Gasteiger partial charge >= 0.3 is 11.9 Å². The normalized spacial score (nSPS) is 21.7. The number of fused-ring (bicyclic) bond motifs is 1. The molecule has 2 aliphatic rings. The van der Waals surface area contributed by atoms with Gasteiger partial charge in [0.1, 0.15) is 0 Å². The van der Waals surface area contributed by atoms with E-state index in [4.69, 9.17) is 32.0 Å². The van der Waals surface area contributed by atoms with Crippen LogP contribution in [0, 0.1) is 0 Å². The van der Waals surface area contributed by atoms with Gasteiger partial charge in [-0.1, -0.05) is 41.9 Å². The van der Waals surface area contributed by atoms with E-state index in [1.54, 1.807) is 0 Å². The van der Waals surface area contributed by atoms with Crippen LogP contribution in [0.2, 0.25) is 0 Å². The number of hydrogen-bond donors (Lipinski definition) is 5. The largest absolute Gasteiger partial charge is 0.479 e. The number of aliphatic imine (C=N–C) groups is 1. The van der Waals surface area contributed by atoms with Gasteiger partial charge in [-0.2, -0.15) is 0 Å². The molecule has 1 heterocycles. The van der Waals surface area contributed by atoms with Crippen molar-refractivity contribution in [3.63, 3.8) is 0 Å². The second kappa shape index (κ2) is 10.3. The molecule has 0 fully saturated rings. The molecule has 0 bridgehead atoms. The van der Waals surface area contributed by atoms with Crippen LogP contribution in [-0.2, 0) is 16.0 Å². The fourth-order valence-electron chi connectivity index (χ4n) is 3.13. The number of hydrogen-bond acceptors (Lipinski definition) is 6. The summed E-state index contributed by atoms with van der Waals surface area (Å²) in [6.07, 6.45) is 1.44. The maximum absolute atomic E-state index is 9.77. The summed E-state index contributed by atoms with van der Waals surface area (Å²) in [7, 11) is 1.85. The maximum Gasteiger partial charge on any atom is 0.335 e. The molecule has 1 aromatic rings. The van der Waals surface area contributed by atoms with E-state index in [1.165, 1.54) is 16.7 Å². The number of benzene rings is 1. The molecule has 3 rings (SSSR count). The summed E-state index contributed by atoms with van der Waals surface area (Å²) >= 11 is 6.18. The molecule has 8 nitrogen and oxygen atoms in total. The lowest BCUT2D eigenvalue weighted by Gasteiger charge is -2.30. The van der Waals surface area contributed by atoms with Crippen molar-refractivity contribution in [2.24, 2.45) is 4.99 Å². The summed E-state index contributed by atoms with van der Waals surface area (Å²) in [6, 6.07) is 8.84. The van der Waals surface area contributed by atoms with E-state index in [-0.39, 0.29) is 6.04 Å². The molecule has 156 valence electrons. The predicted octanol–water partition coefficient (Wildman–Crippen LogP) is 1.27. The lowest BCUT2D eigenvalue weighted by Crippen LogP contribution is -2.39. The molecule has 5 N–H and O–H groups in total. The van der Waals surface area contributed by atoms with Gasteiger partial charge in [-0.3, -0.25) is 4.99 Å². The highest BCUT2D eigenvalue weighted by Gasteiger charge is 2.29. The third-order valence-electron chi connectivity index (χ3n) is 4.61. The van der Waals surface area contributed by atoms with Gasteiger partial charge < -0.3 is 25.7 Å². The minimum atomic E-state index is -2.27. The van der Waals surface area contributed by atoms with Gasteiger partial charge in [-0.05, 0) is 29.2 Å². The van der Waals surface area contributed by atoms with Crippen LogP contribution < -0.4 is 5.32 Å². The summed E-state index contributed by atoms with van der Waals surface area (Å²) in [5, 5.41) is 36.9. The molecule has 0 amide bonds. The Kier molecular flexibility index (Phi) is 8.10. The van der Waals surface area contributed by atoms with Crippen molar-refractivity contribution in [3.8, 4) is 0 Å². The smallest absolute Gasteiger partial charge is 0.335 e. The number of aliphatic hydroxyl groups excluding tert-OH is 2. The number of carboxylic acids is 2. The van der Waals surface area contributed by atoms with Crippen molar-refractivity contribution in [1.82, 2.24) is 5.32 Å². The Bertz CT molecular complexity index is 846. The Morgan fingerprint density at radius 1 is 1.17 bits per heavy atom. The Morgan fingerprint density at radius 3 is 2.38 bits per heavy atom. The lowest BCUT2D eigenvalue weighted by atomic mass is 9.85. The van der Waals surface area contributed by atoms with E-state index in [9.17, 15) is 9.59 Å². The fourth-order valence-corrected chi connectivity index (χ4v) is 3.32. The van der Waals surface area contributed by atoms with Crippen molar-refractivity contribution >= 4 is 29.3 Å². The number of carboxylic acid groups (broad SMARTS) is 2. The number of nitrogens with zero attached hydrogens (tertiary/aromatic N) is 1. The molecular formula is C20H23ClN2O6. The zero-order valence-corrected chi connectivity index (χ0v) is 16.5. The first-order valence-electron chi connectivity index (χ1n) is 8.92. The number of aliphatic hydroxyl groups is 2. The van der Waals surface area contributed by atoms with Gasteiger partial charge in [-0.15, -0.1) is 0 Å². The highest BCUT2D eigenvalue weighted by molar-refractivity contribution is 6.32. The minimum Gasteiger partial charge on any atom is -0.479 e. The van der Waals surface area contributed by atoms with E-state index >= 15 is 0 Å². The van der Waals surface area contributed by atoms with Gasteiger partial charge in [0.2, 0.25) is 0 Å². The average Bonchev–Trinajstić information content (AvgIpc) is 2.72. The molecule has 1 aliphatic carbocycles. The summed E-state index contributed by atoms with van der Waals surface area (Å²) in [5.41, 5.74) is 5.11. The van der Waals surface area contributed by atoms with E-state index in [0.717, 1.165) is 30.1 Å². The van der Waals surface area contributed by atoms with Gasteiger partial charge in [0.15, 0.2) is 12.2 Å². The fraction of sp³-hybridized carbons (Fsp3) is 0.350. The van der Waals surface area contributed by atoms with Crippen LogP contribution in [0.5, 0.6) is 0 Å². The van der Waals surface area contributed by atoms with Crippen LogP contribution in [0.1, 0.15) is 23.6 Å². The maximum atomic E-state index is 9.77. The van der Waals surface area contributed by atoms with Gasteiger partial charge in [0.25, 0.3) is 0 Å². The van der Waals surface area contributed by atoms with Crippen molar-refractivity contribution in [1.29, 1.82) is 0 Å². The standard InChI is InChI=1S/C16H17ClN2.C4H6O6/c1-18-15-7-6-12(17)10-14(15)16-13-5-3-2-4-11(13)8-9-19-16;5-1(3(7)8)2(6)4(9)10/h2-6,10,16,19H,7-9H2,1H3;1-2,5-6H,(H,7,8)(H,9,10). The molecule has 9 heteroatoms. The van der Waals surface area contributed by atoms with Crippen molar-refractivity contribution in [3.05, 3.63) is 58.1 Å². The van der Waals surface area contributed by atoms with E-state index in [1.807, 2.05) is 19.2 Å². The molecule has 1 aliphatic heterocycles. The van der Waals surface area contributed by atoms with E-state index < -0.39 is 24.1 Å². The third kappa shape index (κ3) is 5.74. The second-order valence-electron chi connectivity index (χ2n) is 6.47. The summed E-state index contributed by atoms with van der Waals surface area (Å²) in [4.78, 5) is 24.0. The quantitative estimate of drug-likeness (QED) is 0.492. The number of rotatable bonds is 4. The van der Waals surface area contributed by atoms with Gasteiger partial charge in [-0.25, -0.2) is 9.59 Å². The number of aliphatic carboxylic acids is 2. The zero-order chi connectivity index (χ0) is 21.6. The number of nitrogens with one attached hydrogen (secondary N) is 1. The van der Waals surface area contributed by atoms with Crippen LogP contribution in [0.3, 0.4) is 0 Å². The molecule has 0 saturated heterocycles. The summed E-state index contributed by atoms with van der Waals surface area (Å²) < 4.78 is 0. The highest BCUT2D eigenvalue weighted by Crippen LogP contribution is 2.33. The molecule has 0 saturated carbocycles. The van der Waals surface area contributed by atoms with Crippen molar-refractivity contribution in [2.45, 2.75) is 31.1 Å². The molecule has 3 atom stereocenters. The average molecular weight is 423 g/mol. The highest BCUT2D eigenvalue weighted by atomic mass is 35.5. The van der Waals surface area contributed by atoms with Crippen LogP contribution in [0.4, 0.5) is 0 Å². The molecule has 29 heavy (non-hydrogen) atoms. The van der Waals surface area contributed by atoms with Crippen molar-refractivity contribution < 1.29 is 30.0 Å². The third-order valence-corrected chi connectivity index (χ3v) is 4.88. The first-order valence-corrected chi connectivity index (χ1v) is 9.30. The van der Waals surface area contributed by atoms with Crippen LogP contribution in [0.25, 0.3) is 0 Å². The molecular weight excluding hydrogens is 400 g/mol. The number of carbonyl (C=O) groups is 2. The molecule has 0 aromatic heterocycles. The lowest BCUT2D eigenvalue weighted by molar-refractivity contribution is -0.165. The zero-order valence-electron chi connectivity index (χ0n) is 15.7. The SMILES string of the molecule is CN=C1CC=C(Cl)C=C1C1NCCc2ccccc21.O=C(O)C(O)C(O)C(=O)O. The minimum absolute atomic E-state index is 0.214. The Labute approximate surface area is 172 Å². The van der Waals surface area contributed by atoms with Gasteiger partial charge in [0, 0.05) is 30.8 Å². The Balaban J connectivity index is 0.000000257. The first kappa shape index (κ1) is 22.8. The molecule has 0 spiro atoms. The molecule has 3 unspecified atom stereocenters. The number of halogens is 1. The topological polar surface area (TPSA) is 139 Å². The molecule has 0 radical (unpaired) electrons. The summed E-state index contributed by atoms with van der Waals surface area (Å²) in [5.74, 6) is -3.54. The first-order chi connectivity index (χ1) is 13.8. The van der Waals surface area contributed by atoms with Gasteiger partial charge in [0.05, 0.1) is 6.04 Å². The predicted molar refractivity (Wildman–Crippen MR) is 108 cm³/mol. The number of allylic oxidation sites excluding steroid dienone is 3. The van der Waals surface area contributed by atoms with Crippen LogP contribution in [-0.4, -0.2) is 63.9 Å². The Morgan fingerprint density at radius 2 is 1.79 bits per heavy atom. The Hall–Kier alpha value is -2.52. The monoisotopic (exact) mass is 422 g/mol. The van der Waals surface area contributed by atoms with Crippen LogP contribution >= 0.6 is 11.6 Å². The van der Waals surface area contributed by atoms with Crippen LogP contribution in [0.15, 0.2) is 52.0 Å². The molecule has 1 aromatic carbocycles. The summed E-state index contributed by atoms with van der Waals surface area (Å²) in [6.45, 7) is 0.997. The van der Waals surface area contributed by atoms with Crippen molar-refractivity contribution in [2.75, 3.05) is 13.6 Å². The second-order valence-corrected chi connectivity index (χ2v) is 6.90.